The summed E-state index contributed by atoms with van der Waals surface area (Å²) in [6.07, 6.45) is -9.78. The van der Waals surface area contributed by atoms with Gasteiger partial charge in [-0.1, -0.05) is 0 Å². The third-order valence-corrected chi connectivity index (χ3v) is 12.0. The average molecular weight is 861 g/mol. The Balaban J connectivity index is 0.00000650. The molecule has 4 heterocycles. The minimum Gasteiger partial charge on any atom is -0.756 e. The molecule has 0 spiro atoms. The number of phosphoric acid groups is 4. The van der Waals surface area contributed by atoms with E-state index >= 15 is 0 Å². The Morgan fingerprint density at radius 3 is 1.85 bits per heavy atom. The number of aromatic amines is 1. The molecule has 26 nitrogen and oxygen atoms in total. The fourth-order valence-corrected chi connectivity index (χ4v) is 8.93. The van der Waals surface area contributed by atoms with Gasteiger partial charge in [0.15, 0.2) is 6.23 Å². The fourth-order valence-electron chi connectivity index (χ4n) is 4.18. The summed E-state index contributed by atoms with van der Waals surface area (Å²) in [5, 5.41) is 30.4. The monoisotopic (exact) mass is 861 g/mol. The third-order valence-electron chi connectivity index (χ3n) is 6.22. The van der Waals surface area contributed by atoms with Crippen LogP contribution in [0.1, 0.15) is 18.9 Å². The van der Waals surface area contributed by atoms with E-state index in [1.54, 1.807) is 0 Å². The SMILES string of the molecule is Nc1ccn([C@H]2C[C@@H](O)[C@@H](COP(=O)([O-])OP(=O)([O-])OP(=O)([O-])OP(=O)([O-])OC[C@H]3O[C@@H](n4ccc(=O)[nH]c4=O)[C@H](O)[C@@H]3O)O2)c(=O)n1.[K+].[Li+].[Na+].[Na+]. The molecule has 2 aromatic rings. The average Bonchev–Trinajstić information content (AvgIpc) is 3.42. The van der Waals surface area contributed by atoms with Crippen molar-refractivity contribution < 1.29 is 214 Å². The van der Waals surface area contributed by atoms with Crippen LogP contribution in [0, 0.1) is 0 Å². The number of ether oxygens (including phenoxy) is 2. The van der Waals surface area contributed by atoms with Crippen LogP contribution in [0.2, 0.25) is 0 Å². The number of anilines is 1. The number of H-pyrrole nitrogens is 1. The van der Waals surface area contributed by atoms with Gasteiger partial charge in [0.1, 0.15) is 36.5 Å². The molecule has 2 aliphatic heterocycles. The Kier molecular flexibility index (Phi) is 22.6. The zero-order valence-corrected chi connectivity index (χ0v) is 38.1. The van der Waals surface area contributed by atoms with Crippen LogP contribution in [0.5, 0.6) is 0 Å². The number of nitrogen functional groups attached to an aromatic ring is 1. The van der Waals surface area contributed by atoms with E-state index in [0.717, 1.165) is 16.8 Å². The van der Waals surface area contributed by atoms with Crippen LogP contribution in [0.4, 0.5) is 5.82 Å². The van der Waals surface area contributed by atoms with Gasteiger partial charge in [-0.15, -0.1) is 0 Å². The number of nitrogens with two attached hydrogens (primary N) is 1. The molecule has 0 saturated carbocycles. The van der Waals surface area contributed by atoms with Crippen LogP contribution in [-0.4, -0.2) is 78.2 Å². The molecule has 11 atom stereocenters. The molecule has 34 heteroatoms. The van der Waals surface area contributed by atoms with Crippen molar-refractivity contribution in [2.45, 2.75) is 49.4 Å². The zero-order valence-electron chi connectivity index (χ0n) is 27.4. The molecule has 0 aliphatic carbocycles. The van der Waals surface area contributed by atoms with Crippen LogP contribution < -0.4 is 172 Å². The first-order valence-corrected chi connectivity index (χ1v) is 18.6. The van der Waals surface area contributed by atoms with Gasteiger partial charge in [0, 0.05) is 24.9 Å². The Hall–Kier alpha value is 1.95. The number of hydrogen-bond donors (Lipinski definition) is 5. The molecular formula is C18H23KLiN5Na2O21P4. The minimum absolute atomic E-state index is 0. The molecular weight excluding hydrogens is 838 g/mol. The predicted octanol–water partition coefficient (Wildman–Crippen LogP) is -17.4. The van der Waals surface area contributed by atoms with Crippen molar-refractivity contribution in [3.05, 3.63) is 55.8 Å². The number of rotatable bonds is 14. The van der Waals surface area contributed by atoms with Crippen LogP contribution >= 0.6 is 31.3 Å². The van der Waals surface area contributed by atoms with Gasteiger partial charge in [0.25, 0.3) is 36.9 Å². The van der Waals surface area contributed by atoms with Crippen molar-refractivity contribution in [2.24, 2.45) is 0 Å². The number of aliphatic hydroxyl groups excluding tert-OH is 3. The summed E-state index contributed by atoms with van der Waals surface area (Å²) in [7, 11) is -25.4. The Bertz CT molecular complexity index is 1890. The fraction of sp³-hybridized carbons (Fsp3) is 0.556. The molecule has 0 radical (unpaired) electrons. The predicted molar refractivity (Wildman–Crippen MR) is 140 cm³/mol. The molecule has 0 bridgehead atoms. The van der Waals surface area contributed by atoms with Gasteiger partial charge in [-0.25, -0.2) is 22.5 Å². The van der Waals surface area contributed by atoms with Crippen molar-refractivity contribution in [3.63, 3.8) is 0 Å². The molecule has 270 valence electrons. The van der Waals surface area contributed by atoms with Gasteiger partial charge in [-0.2, -0.15) is 4.98 Å². The first kappa shape index (κ1) is 54.0. The van der Waals surface area contributed by atoms with E-state index < -0.39 is 104 Å². The van der Waals surface area contributed by atoms with Crippen molar-refractivity contribution in [2.75, 3.05) is 18.9 Å². The molecule has 4 unspecified atom stereocenters. The van der Waals surface area contributed by atoms with Crippen molar-refractivity contribution in [1.29, 1.82) is 0 Å². The van der Waals surface area contributed by atoms with E-state index in [4.69, 9.17) is 15.2 Å². The van der Waals surface area contributed by atoms with Gasteiger partial charge in [-0.3, -0.25) is 37.2 Å². The van der Waals surface area contributed by atoms with Gasteiger partial charge in [0.2, 0.25) is 0 Å². The largest absolute Gasteiger partial charge is 1.00 e. The van der Waals surface area contributed by atoms with E-state index in [1.807, 2.05) is 4.98 Å². The van der Waals surface area contributed by atoms with Crippen molar-refractivity contribution in [1.82, 2.24) is 19.1 Å². The number of nitrogens with zero attached hydrogens (tertiary/aromatic N) is 3. The summed E-state index contributed by atoms with van der Waals surface area (Å²) in [5.74, 6) is -0.125. The van der Waals surface area contributed by atoms with Crippen molar-refractivity contribution >= 4 is 37.1 Å². The summed E-state index contributed by atoms with van der Waals surface area (Å²) < 4.78 is 79.0. The van der Waals surface area contributed by atoms with Crippen LogP contribution in [0.3, 0.4) is 0 Å². The van der Waals surface area contributed by atoms with E-state index in [2.05, 4.69) is 27.0 Å². The topological polar surface area (TPSA) is 402 Å². The maximum atomic E-state index is 12.0. The van der Waals surface area contributed by atoms with Gasteiger partial charge >= 0.3 is 141 Å². The second-order valence-corrected chi connectivity index (χ2v) is 15.7. The van der Waals surface area contributed by atoms with Crippen molar-refractivity contribution in [3.8, 4) is 0 Å². The third kappa shape index (κ3) is 15.3. The van der Waals surface area contributed by atoms with Crippen LogP contribution in [0.25, 0.3) is 0 Å². The zero-order chi connectivity index (χ0) is 35.8. The summed E-state index contributed by atoms with van der Waals surface area (Å²) in [5.41, 5.74) is 2.58. The molecule has 2 aromatic heterocycles. The summed E-state index contributed by atoms with van der Waals surface area (Å²) in [4.78, 5) is 88.4. The molecule has 0 amide bonds. The van der Waals surface area contributed by atoms with Crippen LogP contribution in [0.15, 0.2) is 38.9 Å². The Labute approximate surface area is 389 Å². The van der Waals surface area contributed by atoms with Crippen LogP contribution in [-0.2, 0) is 49.7 Å². The molecule has 52 heavy (non-hydrogen) atoms. The summed E-state index contributed by atoms with van der Waals surface area (Å²) >= 11 is 0. The van der Waals surface area contributed by atoms with E-state index in [9.17, 15) is 67.5 Å². The van der Waals surface area contributed by atoms with Gasteiger partial charge in [0.05, 0.1) is 19.3 Å². The number of aromatic nitrogens is 4. The van der Waals surface area contributed by atoms with E-state index in [0.29, 0.717) is 4.57 Å². The maximum Gasteiger partial charge on any atom is 1.00 e. The molecule has 2 aliphatic rings. The number of aliphatic hydroxyl groups is 3. The molecule has 4 rings (SSSR count). The summed E-state index contributed by atoms with van der Waals surface area (Å²) in [6.45, 7) is -2.44. The summed E-state index contributed by atoms with van der Waals surface area (Å²) in [6, 6.07) is 2.07. The number of hydrogen-bond acceptors (Lipinski definition) is 23. The minimum atomic E-state index is -6.59. The van der Waals surface area contributed by atoms with Gasteiger partial charge in [-0.05, 0) is 6.07 Å². The second-order valence-electron chi connectivity index (χ2n) is 9.66. The van der Waals surface area contributed by atoms with Gasteiger partial charge < -0.3 is 59.1 Å². The first-order chi connectivity index (χ1) is 22.1. The first-order valence-electron chi connectivity index (χ1n) is 12.8. The standard InChI is InChI=1S/C18H27N5O21P4.K.Li.2Na/c19-11-1-3-22(17(28)20-11)13-5-8(24)9(40-13)6-38-45(30,31)42-47(34,35)44-48(36,37)43-46(32,33)39-7-10-14(26)15(27)16(41-10)23-4-2-12(25)21-18(23)29;;;;/h1-4,8-10,13-16,24,26-27H,5-7H2,(H,30,31)(H,32,33)(H,34,35)(H,36,37)(H2,19,20,28)(H,21,25,29);;;;/q;4*+1/p-4/t8-,9-,10-,13-,14-,15-,16-;;;;/m1..../s1. The maximum absolute atomic E-state index is 12.0. The molecule has 2 fully saturated rings. The second kappa shape index (κ2) is 21.8. The number of nitrogens with one attached hydrogen (secondary N) is 1. The number of phosphoric ester groups is 2. The Morgan fingerprint density at radius 1 is 0.827 bits per heavy atom. The smallest absolute Gasteiger partial charge is 0.756 e. The van der Waals surface area contributed by atoms with E-state index in [1.165, 1.54) is 12.3 Å². The molecule has 0 aromatic carbocycles. The Morgan fingerprint density at radius 2 is 1.33 bits per heavy atom. The normalized spacial score (nSPS) is 28.6. The quantitative estimate of drug-likeness (QED) is 0.0869. The van der Waals surface area contributed by atoms with E-state index in [-0.39, 0.29) is 142 Å². The molecule has 6 N–H and O–H groups in total. The molecule has 2 saturated heterocycles.